The highest BCUT2D eigenvalue weighted by Crippen LogP contribution is 2.41. The zero-order valence-electron chi connectivity index (χ0n) is 10.6. The molecule has 0 saturated heterocycles. The molecule has 1 aromatic heterocycles. The number of hydrogen-bond acceptors (Lipinski definition) is 2. The van der Waals surface area contributed by atoms with Crippen LogP contribution in [-0.4, -0.2) is 14.8 Å². The fraction of sp³-hybridized carbons (Fsp3) is 0.385. The van der Waals surface area contributed by atoms with Crippen molar-refractivity contribution < 1.29 is 13.2 Å². The Bertz CT molecular complexity index is 659. The van der Waals surface area contributed by atoms with Crippen molar-refractivity contribution in [2.75, 3.05) is 0 Å². The zero-order chi connectivity index (χ0) is 14.5. The lowest BCUT2D eigenvalue weighted by Gasteiger charge is -2.14. The second kappa shape index (κ2) is 4.48. The second-order valence-corrected chi connectivity index (χ2v) is 5.27. The van der Waals surface area contributed by atoms with Gasteiger partial charge in [0.05, 0.1) is 11.3 Å². The van der Waals surface area contributed by atoms with Crippen molar-refractivity contribution in [1.82, 2.24) is 14.8 Å². The number of aromatic nitrogens is 3. The first-order chi connectivity index (χ1) is 9.38. The number of rotatable bonds is 2. The molecule has 1 fully saturated rings. The standard InChI is InChI=1S/C13H11ClF3N3/c1-7-2-5-9(13(15,16)17)6-10(7)20-11(8-3-4-8)18-19-12(20)14/h2,5-6,8H,3-4H2,1H3. The Morgan fingerprint density at radius 3 is 2.55 bits per heavy atom. The summed E-state index contributed by atoms with van der Waals surface area (Å²) >= 11 is 6.00. The van der Waals surface area contributed by atoms with Crippen molar-refractivity contribution >= 4 is 11.6 Å². The molecule has 0 radical (unpaired) electrons. The maximum absolute atomic E-state index is 12.8. The molecule has 2 aromatic rings. The van der Waals surface area contributed by atoms with E-state index in [0.29, 0.717) is 17.1 Å². The molecule has 0 bridgehead atoms. The van der Waals surface area contributed by atoms with Crippen LogP contribution in [0.1, 0.15) is 35.7 Å². The first kappa shape index (κ1) is 13.4. The van der Waals surface area contributed by atoms with Gasteiger partial charge in [-0.15, -0.1) is 10.2 Å². The van der Waals surface area contributed by atoms with E-state index >= 15 is 0 Å². The van der Waals surface area contributed by atoms with Gasteiger partial charge in [-0.25, -0.2) is 0 Å². The average Bonchev–Trinajstić information content (AvgIpc) is 3.13. The van der Waals surface area contributed by atoms with Crippen LogP contribution in [0, 0.1) is 6.92 Å². The lowest BCUT2D eigenvalue weighted by molar-refractivity contribution is -0.137. The summed E-state index contributed by atoms with van der Waals surface area (Å²) in [7, 11) is 0. The molecule has 7 heteroatoms. The number of hydrogen-bond donors (Lipinski definition) is 0. The number of benzene rings is 1. The van der Waals surface area contributed by atoms with Crippen molar-refractivity contribution in [3.8, 4) is 5.69 Å². The van der Waals surface area contributed by atoms with Crippen molar-refractivity contribution in [2.45, 2.75) is 31.9 Å². The predicted octanol–water partition coefficient (Wildman–Crippen LogP) is 4.13. The van der Waals surface area contributed by atoms with Crippen LogP contribution in [0.5, 0.6) is 0 Å². The highest BCUT2D eigenvalue weighted by Gasteiger charge is 2.33. The summed E-state index contributed by atoms with van der Waals surface area (Å²) in [5.41, 5.74) is 0.378. The van der Waals surface area contributed by atoms with Crippen LogP contribution in [0.4, 0.5) is 13.2 Å². The van der Waals surface area contributed by atoms with E-state index in [1.807, 2.05) is 0 Å². The SMILES string of the molecule is Cc1ccc(C(F)(F)F)cc1-n1c(Cl)nnc1C1CC1. The van der Waals surface area contributed by atoms with E-state index in [-0.39, 0.29) is 11.2 Å². The molecule has 1 aliphatic rings. The minimum atomic E-state index is -4.39. The number of nitrogens with zero attached hydrogens (tertiary/aromatic N) is 3. The summed E-state index contributed by atoms with van der Waals surface area (Å²) in [4.78, 5) is 0. The van der Waals surface area contributed by atoms with Crippen LogP contribution in [-0.2, 0) is 6.18 Å². The Morgan fingerprint density at radius 2 is 1.95 bits per heavy atom. The van der Waals surface area contributed by atoms with Gasteiger partial charge in [0.15, 0.2) is 0 Å². The molecule has 3 nitrogen and oxygen atoms in total. The normalized spacial score (nSPS) is 15.7. The van der Waals surface area contributed by atoms with Gasteiger partial charge in [0, 0.05) is 5.92 Å². The molecular formula is C13H11ClF3N3. The summed E-state index contributed by atoms with van der Waals surface area (Å²) in [5, 5.41) is 7.86. The molecule has 1 aliphatic carbocycles. The minimum Gasteiger partial charge on any atom is -0.269 e. The highest BCUT2D eigenvalue weighted by molar-refractivity contribution is 6.28. The molecule has 20 heavy (non-hydrogen) atoms. The van der Waals surface area contributed by atoms with Gasteiger partial charge in [0.1, 0.15) is 5.82 Å². The fourth-order valence-corrected chi connectivity index (χ4v) is 2.35. The average molecular weight is 302 g/mol. The molecule has 0 amide bonds. The quantitative estimate of drug-likeness (QED) is 0.835. The van der Waals surface area contributed by atoms with Crippen molar-refractivity contribution in [2.24, 2.45) is 0 Å². The Kier molecular flexibility index (Phi) is 3.01. The third kappa shape index (κ3) is 2.28. The number of alkyl halides is 3. The largest absolute Gasteiger partial charge is 0.416 e. The number of aryl methyl sites for hydroxylation is 1. The molecule has 0 atom stereocenters. The van der Waals surface area contributed by atoms with Crippen molar-refractivity contribution in [3.05, 3.63) is 40.4 Å². The third-order valence-corrected chi connectivity index (χ3v) is 3.61. The van der Waals surface area contributed by atoms with Crippen molar-refractivity contribution in [1.29, 1.82) is 0 Å². The molecule has 0 N–H and O–H groups in total. The van der Waals surface area contributed by atoms with Crippen LogP contribution in [0.25, 0.3) is 5.69 Å². The Labute approximate surface area is 118 Å². The first-order valence-electron chi connectivity index (χ1n) is 6.17. The maximum atomic E-state index is 12.8. The fourth-order valence-electron chi connectivity index (χ4n) is 2.13. The highest BCUT2D eigenvalue weighted by atomic mass is 35.5. The lowest BCUT2D eigenvalue weighted by atomic mass is 10.1. The Morgan fingerprint density at radius 1 is 1.25 bits per heavy atom. The minimum absolute atomic E-state index is 0.0920. The first-order valence-corrected chi connectivity index (χ1v) is 6.55. The molecule has 1 saturated carbocycles. The summed E-state index contributed by atoms with van der Waals surface area (Å²) in [6.45, 7) is 1.74. The van der Waals surface area contributed by atoms with Gasteiger partial charge >= 0.3 is 6.18 Å². The predicted molar refractivity (Wildman–Crippen MR) is 68.1 cm³/mol. The second-order valence-electron chi connectivity index (χ2n) is 4.94. The zero-order valence-corrected chi connectivity index (χ0v) is 11.3. The van der Waals surface area contributed by atoms with E-state index in [4.69, 9.17) is 11.6 Å². The molecule has 1 heterocycles. The Balaban J connectivity index is 2.16. The van der Waals surface area contributed by atoms with E-state index in [1.54, 1.807) is 6.92 Å². The van der Waals surface area contributed by atoms with Gasteiger partial charge in [0.25, 0.3) is 0 Å². The smallest absolute Gasteiger partial charge is 0.269 e. The van der Waals surface area contributed by atoms with Gasteiger partial charge in [0.2, 0.25) is 5.28 Å². The van der Waals surface area contributed by atoms with E-state index in [0.717, 1.165) is 25.0 Å². The maximum Gasteiger partial charge on any atom is 0.416 e. The van der Waals surface area contributed by atoms with Crippen molar-refractivity contribution in [3.63, 3.8) is 0 Å². The monoisotopic (exact) mass is 301 g/mol. The van der Waals surface area contributed by atoms with Gasteiger partial charge < -0.3 is 0 Å². The van der Waals surface area contributed by atoms with E-state index in [2.05, 4.69) is 10.2 Å². The van der Waals surface area contributed by atoms with Crippen LogP contribution in [0.3, 0.4) is 0 Å². The summed E-state index contributed by atoms with van der Waals surface area (Å²) in [6.07, 6.45) is -2.46. The Hall–Kier alpha value is -1.56. The topological polar surface area (TPSA) is 30.7 Å². The summed E-state index contributed by atoms with van der Waals surface area (Å²) in [5.74, 6) is 0.876. The summed E-state index contributed by atoms with van der Waals surface area (Å²) < 4.78 is 40.0. The van der Waals surface area contributed by atoms with Crippen LogP contribution < -0.4 is 0 Å². The molecule has 0 aliphatic heterocycles. The molecule has 0 spiro atoms. The van der Waals surface area contributed by atoms with Crippen LogP contribution in [0.2, 0.25) is 5.28 Å². The molecule has 106 valence electrons. The lowest BCUT2D eigenvalue weighted by Crippen LogP contribution is -2.08. The summed E-state index contributed by atoms with van der Waals surface area (Å²) in [6, 6.07) is 3.59. The molecule has 1 aromatic carbocycles. The molecule has 3 rings (SSSR count). The van der Waals surface area contributed by atoms with Gasteiger partial charge in [-0.1, -0.05) is 6.07 Å². The van der Waals surface area contributed by atoms with Crippen LogP contribution in [0.15, 0.2) is 18.2 Å². The van der Waals surface area contributed by atoms with Gasteiger partial charge in [-0.2, -0.15) is 13.2 Å². The number of halogens is 4. The van der Waals surface area contributed by atoms with Gasteiger partial charge in [-0.05, 0) is 49.1 Å². The van der Waals surface area contributed by atoms with E-state index < -0.39 is 11.7 Å². The third-order valence-electron chi connectivity index (χ3n) is 3.37. The van der Waals surface area contributed by atoms with E-state index in [1.165, 1.54) is 10.6 Å². The van der Waals surface area contributed by atoms with Gasteiger partial charge in [-0.3, -0.25) is 4.57 Å². The molecule has 0 unspecified atom stereocenters. The molecular weight excluding hydrogens is 291 g/mol. The van der Waals surface area contributed by atoms with E-state index in [9.17, 15) is 13.2 Å². The van der Waals surface area contributed by atoms with Crippen LogP contribution >= 0.6 is 11.6 Å².